The molecule has 0 bridgehead atoms. The highest BCUT2D eigenvalue weighted by Gasteiger charge is 2.13. The van der Waals surface area contributed by atoms with Crippen molar-refractivity contribution in [2.75, 3.05) is 32.8 Å². The number of hydrogen-bond donors (Lipinski definition) is 1. The zero-order valence-electron chi connectivity index (χ0n) is 9.56. The van der Waals surface area contributed by atoms with Gasteiger partial charge in [-0.15, -0.1) is 0 Å². The number of nitrogens with two attached hydrogens (primary N) is 1. The van der Waals surface area contributed by atoms with Crippen molar-refractivity contribution in [1.29, 1.82) is 0 Å². The lowest BCUT2D eigenvalue weighted by Gasteiger charge is -2.25. The van der Waals surface area contributed by atoms with Gasteiger partial charge in [0.25, 0.3) is 0 Å². The zero-order valence-corrected chi connectivity index (χ0v) is 9.56. The van der Waals surface area contributed by atoms with Crippen molar-refractivity contribution in [3.8, 4) is 0 Å². The van der Waals surface area contributed by atoms with Crippen molar-refractivity contribution in [3.63, 3.8) is 0 Å². The number of aromatic nitrogens is 2. The fourth-order valence-corrected chi connectivity index (χ4v) is 1.64. The molecular weight excluding hydrogens is 208 g/mol. The molecule has 1 atom stereocenters. The Labute approximate surface area is 94.7 Å². The third-order valence-electron chi connectivity index (χ3n) is 2.63. The predicted octanol–water partition coefficient (Wildman–Crippen LogP) is -0.0360. The van der Waals surface area contributed by atoms with Crippen LogP contribution < -0.4 is 5.73 Å². The Hall–Kier alpha value is -0.980. The summed E-state index contributed by atoms with van der Waals surface area (Å²) in [6.07, 6.45) is 0.802. The SMILES string of the molecule is CC(N)c1nc(CCN2CCOCC2)no1. The van der Waals surface area contributed by atoms with Gasteiger partial charge >= 0.3 is 0 Å². The molecule has 2 rings (SSSR count). The topological polar surface area (TPSA) is 77.4 Å². The van der Waals surface area contributed by atoms with E-state index in [1.807, 2.05) is 6.92 Å². The molecule has 1 unspecified atom stereocenters. The molecule has 0 saturated carbocycles. The molecule has 6 nitrogen and oxygen atoms in total. The minimum absolute atomic E-state index is 0.190. The Morgan fingerprint density at radius 3 is 2.81 bits per heavy atom. The van der Waals surface area contributed by atoms with Gasteiger partial charge in [-0.3, -0.25) is 4.90 Å². The normalized spacial score (nSPS) is 19.9. The molecule has 1 aliphatic heterocycles. The molecule has 2 heterocycles. The van der Waals surface area contributed by atoms with E-state index in [9.17, 15) is 0 Å². The van der Waals surface area contributed by atoms with Gasteiger partial charge in [-0.2, -0.15) is 4.98 Å². The van der Waals surface area contributed by atoms with Gasteiger partial charge in [-0.05, 0) is 6.92 Å². The molecule has 90 valence electrons. The van der Waals surface area contributed by atoms with Crippen LogP contribution in [0.3, 0.4) is 0 Å². The van der Waals surface area contributed by atoms with E-state index >= 15 is 0 Å². The van der Waals surface area contributed by atoms with Crippen LogP contribution in [0.15, 0.2) is 4.52 Å². The minimum atomic E-state index is -0.190. The van der Waals surface area contributed by atoms with Gasteiger partial charge in [0.2, 0.25) is 5.89 Å². The molecule has 16 heavy (non-hydrogen) atoms. The van der Waals surface area contributed by atoms with Crippen molar-refractivity contribution in [2.45, 2.75) is 19.4 Å². The van der Waals surface area contributed by atoms with Crippen LogP contribution in [-0.4, -0.2) is 47.9 Å². The summed E-state index contributed by atoms with van der Waals surface area (Å²) in [5, 5.41) is 3.90. The van der Waals surface area contributed by atoms with E-state index < -0.39 is 0 Å². The maximum Gasteiger partial charge on any atom is 0.243 e. The molecule has 1 saturated heterocycles. The minimum Gasteiger partial charge on any atom is -0.379 e. The van der Waals surface area contributed by atoms with Crippen LogP contribution in [0.1, 0.15) is 24.7 Å². The van der Waals surface area contributed by atoms with Crippen LogP contribution in [-0.2, 0) is 11.2 Å². The van der Waals surface area contributed by atoms with E-state index in [1.165, 1.54) is 0 Å². The summed E-state index contributed by atoms with van der Waals surface area (Å²) in [6.45, 7) is 6.38. The summed E-state index contributed by atoms with van der Waals surface area (Å²) in [5.74, 6) is 1.25. The van der Waals surface area contributed by atoms with Crippen molar-refractivity contribution in [3.05, 3.63) is 11.7 Å². The molecular formula is C10H18N4O2. The van der Waals surface area contributed by atoms with Crippen LogP contribution >= 0.6 is 0 Å². The molecule has 0 amide bonds. The summed E-state index contributed by atoms with van der Waals surface area (Å²) >= 11 is 0. The van der Waals surface area contributed by atoms with Crippen LogP contribution in [0.2, 0.25) is 0 Å². The fourth-order valence-electron chi connectivity index (χ4n) is 1.64. The molecule has 6 heteroatoms. The highest BCUT2D eigenvalue weighted by atomic mass is 16.5. The van der Waals surface area contributed by atoms with E-state index in [-0.39, 0.29) is 6.04 Å². The summed E-state index contributed by atoms with van der Waals surface area (Å²) in [6, 6.07) is -0.190. The van der Waals surface area contributed by atoms with E-state index in [1.54, 1.807) is 0 Å². The van der Waals surface area contributed by atoms with Gasteiger partial charge < -0.3 is 15.0 Å². The summed E-state index contributed by atoms with van der Waals surface area (Å²) in [4.78, 5) is 6.57. The summed E-state index contributed by atoms with van der Waals surface area (Å²) < 4.78 is 10.3. The first-order valence-corrected chi connectivity index (χ1v) is 5.64. The molecule has 0 spiro atoms. The summed E-state index contributed by atoms with van der Waals surface area (Å²) in [7, 11) is 0. The Balaban J connectivity index is 1.79. The number of morpholine rings is 1. The van der Waals surface area contributed by atoms with Crippen LogP contribution in [0.25, 0.3) is 0 Å². The number of nitrogens with zero attached hydrogens (tertiary/aromatic N) is 3. The van der Waals surface area contributed by atoms with Gasteiger partial charge in [0.1, 0.15) is 0 Å². The molecule has 1 aliphatic rings. The maximum atomic E-state index is 5.64. The monoisotopic (exact) mass is 226 g/mol. The number of rotatable bonds is 4. The van der Waals surface area contributed by atoms with E-state index in [4.69, 9.17) is 15.0 Å². The van der Waals surface area contributed by atoms with Crippen LogP contribution in [0, 0.1) is 0 Å². The second kappa shape index (κ2) is 5.38. The quantitative estimate of drug-likeness (QED) is 0.776. The Kier molecular flexibility index (Phi) is 3.87. The van der Waals surface area contributed by atoms with Crippen molar-refractivity contribution < 1.29 is 9.26 Å². The third kappa shape index (κ3) is 3.01. The smallest absolute Gasteiger partial charge is 0.243 e. The second-order valence-corrected chi connectivity index (χ2v) is 4.04. The lowest BCUT2D eigenvalue weighted by Crippen LogP contribution is -2.37. The molecule has 1 aromatic heterocycles. The van der Waals surface area contributed by atoms with Gasteiger partial charge in [0.05, 0.1) is 19.3 Å². The van der Waals surface area contributed by atoms with Crippen molar-refractivity contribution in [1.82, 2.24) is 15.0 Å². The standard InChI is InChI=1S/C10H18N4O2/c1-8(11)10-12-9(13-16-10)2-3-14-4-6-15-7-5-14/h8H,2-7,11H2,1H3. The molecule has 1 fully saturated rings. The van der Waals surface area contributed by atoms with E-state index in [0.29, 0.717) is 5.89 Å². The maximum absolute atomic E-state index is 5.64. The van der Waals surface area contributed by atoms with Gasteiger partial charge in [-0.25, -0.2) is 0 Å². The van der Waals surface area contributed by atoms with Gasteiger partial charge in [0, 0.05) is 26.1 Å². The van der Waals surface area contributed by atoms with Crippen LogP contribution in [0.4, 0.5) is 0 Å². The van der Waals surface area contributed by atoms with Crippen molar-refractivity contribution in [2.24, 2.45) is 5.73 Å². The third-order valence-corrected chi connectivity index (χ3v) is 2.63. The lowest BCUT2D eigenvalue weighted by molar-refractivity contribution is 0.0381. The highest BCUT2D eigenvalue weighted by molar-refractivity contribution is 4.90. The Bertz CT molecular complexity index is 320. The molecule has 0 aromatic carbocycles. The van der Waals surface area contributed by atoms with Gasteiger partial charge in [-0.1, -0.05) is 5.16 Å². The van der Waals surface area contributed by atoms with Crippen LogP contribution in [0.5, 0.6) is 0 Å². The largest absolute Gasteiger partial charge is 0.379 e. The Morgan fingerprint density at radius 1 is 1.44 bits per heavy atom. The first-order chi connectivity index (χ1) is 7.75. The van der Waals surface area contributed by atoms with E-state index in [2.05, 4.69) is 15.0 Å². The van der Waals surface area contributed by atoms with E-state index in [0.717, 1.165) is 45.1 Å². The first-order valence-electron chi connectivity index (χ1n) is 5.64. The first kappa shape index (κ1) is 11.5. The van der Waals surface area contributed by atoms with Crippen molar-refractivity contribution >= 4 is 0 Å². The summed E-state index contributed by atoms with van der Waals surface area (Å²) in [5.41, 5.74) is 5.64. The molecule has 1 aromatic rings. The van der Waals surface area contributed by atoms with Gasteiger partial charge in [0.15, 0.2) is 5.82 Å². The molecule has 0 radical (unpaired) electrons. The molecule has 0 aliphatic carbocycles. The highest BCUT2D eigenvalue weighted by Crippen LogP contribution is 2.07. The fraction of sp³-hybridized carbons (Fsp3) is 0.800. The molecule has 2 N–H and O–H groups in total. The average molecular weight is 226 g/mol. The predicted molar refractivity (Wildman–Crippen MR) is 57.9 cm³/mol. The Morgan fingerprint density at radius 2 is 2.19 bits per heavy atom. The lowest BCUT2D eigenvalue weighted by atomic mass is 10.3. The second-order valence-electron chi connectivity index (χ2n) is 4.04. The number of ether oxygens (including phenoxy) is 1. The number of hydrogen-bond acceptors (Lipinski definition) is 6. The zero-order chi connectivity index (χ0) is 11.4. The average Bonchev–Trinajstić information content (AvgIpc) is 2.76.